The van der Waals surface area contributed by atoms with E-state index in [-0.39, 0.29) is 46.8 Å². The third-order valence-electron chi connectivity index (χ3n) is 27.1. The lowest BCUT2D eigenvalue weighted by atomic mass is 9.66. The van der Waals surface area contributed by atoms with E-state index in [1.807, 2.05) is 249 Å². The predicted molar refractivity (Wildman–Crippen MR) is 460 cm³/mol. The average Bonchev–Trinajstić information content (AvgIpc) is 0.810. The second-order valence-electron chi connectivity index (χ2n) is 35.7. The fourth-order valence-electron chi connectivity index (χ4n) is 12.6. The van der Waals surface area contributed by atoms with Crippen LogP contribution < -0.4 is 0 Å². The minimum Gasteiger partial charge on any atom is -0.481 e. The molecule has 0 aromatic heterocycles. The molecular weight excluding hydrogens is 1410 g/mol. The highest BCUT2D eigenvalue weighted by Gasteiger charge is 2.45. The number of unbranched alkanes of at least 4 members (excludes halogenated alkanes) is 1. The second kappa shape index (κ2) is 60.3. The summed E-state index contributed by atoms with van der Waals surface area (Å²) < 4.78 is 0. The highest BCUT2D eigenvalue weighted by atomic mass is 16.4. The summed E-state index contributed by atoms with van der Waals surface area (Å²) in [4.78, 5) is 109. The number of hydrogen-bond acceptors (Lipinski definition) is 10. The van der Waals surface area contributed by atoms with E-state index in [1.165, 1.54) is 0 Å². The molecule has 0 fully saturated rings. The van der Waals surface area contributed by atoms with Crippen LogP contribution in [0.4, 0.5) is 0 Å². The van der Waals surface area contributed by atoms with E-state index in [4.69, 9.17) is 51.1 Å². The quantitative estimate of drug-likeness (QED) is 0.0272. The van der Waals surface area contributed by atoms with Crippen molar-refractivity contribution >= 4 is 59.7 Å². The summed E-state index contributed by atoms with van der Waals surface area (Å²) in [5, 5.41) is 89.5. The van der Waals surface area contributed by atoms with Crippen molar-refractivity contribution in [2.24, 2.45) is 107 Å². The van der Waals surface area contributed by atoms with Crippen LogP contribution in [-0.4, -0.2) is 111 Å². The van der Waals surface area contributed by atoms with E-state index in [9.17, 15) is 47.9 Å². The topological polar surface area (TPSA) is 373 Å². The van der Waals surface area contributed by atoms with Crippen molar-refractivity contribution in [3.05, 3.63) is 0 Å². The molecule has 0 aromatic carbocycles. The molecule has 0 aliphatic heterocycles. The molecule has 0 saturated heterocycles. The molecule has 0 amide bonds. The molecule has 111 heavy (non-hydrogen) atoms. The van der Waals surface area contributed by atoms with Crippen LogP contribution in [0.3, 0.4) is 0 Å². The minimum atomic E-state index is -0.701. The number of carbonyl (C=O) groups is 10. The predicted octanol–water partition coefficient (Wildman–Crippen LogP) is 25.9. The van der Waals surface area contributed by atoms with Gasteiger partial charge in [0, 0.05) is 0 Å². The van der Waals surface area contributed by atoms with Gasteiger partial charge in [-0.2, -0.15) is 0 Å². The Morgan fingerprint density at radius 2 is 0.577 bits per heavy atom. The first-order valence-electron chi connectivity index (χ1n) is 42.5. The van der Waals surface area contributed by atoms with Crippen molar-refractivity contribution < 1.29 is 99.0 Å². The van der Waals surface area contributed by atoms with E-state index in [1.54, 1.807) is 6.92 Å². The van der Waals surface area contributed by atoms with E-state index < -0.39 is 114 Å². The van der Waals surface area contributed by atoms with Gasteiger partial charge in [0.15, 0.2) is 0 Å². The minimum absolute atomic E-state index is 0.173. The van der Waals surface area contributed by atoms with Gasteiger partial charge in [-0.15, -0.1) is 0 Å². The van der Waals surface area contributed by atoms with Crippen LogP contribution in [0.1, 0.15) is 418 Å². The number of carboxylic acid groups (broad SMARTS) is 10. The van der Waals surface area contributed by atoms with Crippen molar-refractivity contribution in [1.29, 1.82) is 0 Å². The molecule has 0 aromatic rings. The van der Waals surface area contributed by atoms with Gasteiger partial charge in [0.05, 0.1) is 54.1 Å². The second-order valence-corrected chi connectivity index (χ2v) is 35.7. The van der Waals surface area contributed by atoms with Crippen molar-refractivity contribution in [1.82, 2.24) is 0 Å². The molecule has 0 spiro atoms. The third-order valence-corrected chi connectivity index (χ3v) is 27.1. The van der Waals surface area contributed by atoms with E-state index in [2.05, 4.69) is 20.8 Å². The van der Waals surface area contributed by atoms with Gasteiger partial charge in [-0.05, 0) is 198 Å². The standard InChI is InChI=1S/C10H20O2.9C9H18O2/c1-6-10(5,9(11)12)8(4)7(2)3;1-6-9(5,7(10)11)8(2,3)4;1-6(2)9(5,7(3)4)8(10)11;1-5-6-9(4,7(2)3)8(10)11;2*1-5-7(3)9(4,6-2)8(10)11;1-5-9(6-2,7(3)4)8(10)11;1-4-6-7-9(3,5-2)8(10)11;1-4-6-9(3,7-5-2)8(10)11;1-4-7-9(5-2,6-3)8(10)11/h7-8H,6H2,1-5H3,(H,11,12);6H2,1-5H3,(H,10,11);6-7H,1-5H3,(H,10,11);4*7H,5-6H2,1-4H3,(H,10,11);3*4-7H2,1-3H3,(H,10,11). The summed E-state index contributed by atoms with van der Waals surface area (Å²) in [5.41, 5.74) is -5.44. The van der Waals surface area contributed by atoms with Gasteiger partial charge in [-0.3, -0.25) is 47.9 Å². The van der Waals surface area contributed by atoms with E-state index in [0.29, 0.717) is 31.6 Å². The van der Waals surface area contributed by atoms with Crippen molar-refractivity contribution in [2.45, 2.75) is 418 Å². The van der Waals surface area contributed by atoms with Crippen LogP contribution in [-0.2, 0) is 47.9 Å². The molecule has 20 nitrogen and oxygen atoms in total. The summed E-state index contributed by atoms with van der Waals surface area (Å²) in [6.07, 6.45) is 18.1. The van der Waals surface area contributed by atoms with Gasteiger partial charge >= 0.3 is 59.7 Å². The summed E-state index contributed by atoms with van der Waals surface area (Å²) in [7, 11) is 0. The van der Waals surface area contributed by atoms with Gasteiger partial charge in [0.1, 0.15) is 0 Å². The maximum absolute atomic E-state index is 11.0. The fraction of sp³-hybridized carbons (Fsp3) is 0.890. The molecule has 0 rings (SSSR count). The van der Waals surface area contributed by atoms with Gasteiger partial charge < -0.3 is 51.1 Å². The van der Waals surface area contributed by atoms with Crippen LogP contribution in [0.25, 0.3) is 0 Å². The first kappa shape index (κ1) is 127. The first-order valence-corrected chi connectivity index (χ1v) is 42.5. The SMILES string of the molecule is CC(C)C(C)(C(=O)O)C(C)C.CCC(C)(C(=O)O)C(C)(C)C.CCC(C)(C(=O)O)C(C)C(C)C.CCC(C)C(C)(CC)C(=O)O.CCC(C)C(C)(CC)C(=O)O.CCC(CC)(C(=O)O)C(C)C.CCCC(C)(C(=O)O)C(C)C.CCCC(C)(CCC)C(=O)O.CCCC(CC)(CC)C(=O)O.CCCCC(C)(CC)C(=O)O. The molecule has 0 heterocycles. The monoisotopic (exact) mass is 1600 g/mol. The molecule has 9 unspecified atom stereocenters. The number of hydrogen-bond donors (Lipinski definition) is 10. The smallest absolute Gasteiger partial charge is 0.309 e. The Kier molecular flexibility index (Phi) is 68.7. The summed E-state index contributed by atoms with van der Waals surface area (Å²) in [5.74, 6) is -4.74. The average molecular weight is 1600 g/mol. The number of carboxylic acids is 10. The normalized spacial score (nSPS) is 15.5. The van der Waals surface area contributed by atoms with Gasteiger partial charge in [-0.25, -0.2) is 0 Å². The van der Waals surface area contributed by atoms with Crippen molar-refractivity contribution in [3.8, 4) is 0 Å². The molecule has 9 atom stereocenters. The van der Waals surface area contributed by atoms with Crippen molar-refractivity contribution in [2.75, 3.05) is 0 Å². The van der Waals surface area contributed by atoms with Crippen LogP contribution in [0.5, 0.6) is 0 Å². The molecule has 0 aliphatic carbocycles. The molecule has 20 heteroatoms. The largest absolute Gasteiger partial charge is 0.481 e. The summed E-state index contributed by atoms with van der Waals surface area (Å²) in [6, 6.07) is 0. The van der Waals surface area contributed by atoms with Gasteiger partial charge in [0.2, 0.25) is 0 Å². The van der Waals surface area contributed by atoms with Crippen LogP contribution >= 0.6 is 0 Å². The molecule has 0 saturated carbocycles. The van der Waals surface area contributed by atoms with E-state index in [0.717, 1.165) is 116 Å². The lowest BCUT2D eigenvalue weighted by Crippen LogP contribution is -2.39. The van der Waals surface area contributed by atoms with Gasteiger partial charge in [-0.1, -0.05) is 273 Å². The Bertz CT molecular complexity index is 2410. The lowest BCUT2D eigenvalue weighted by molar-refractivity contribution is -0.155. The van der Waals surface area contributed by atoms with E-state index >= 15 is 0 Å². The Hall–Kier alpha value is -5.30. The number of rotatable bonds is 40. The highest BCUT2D eigenvalue weighted by Crippen LogP contribution is 2.43. The molecule has 0 bridgehead atoms. The summed E-state index contributed by atoms with van der Waals surface area (Å²) >= 11 is 0. The maximum Gasteiger partial charge on any atom is 0.309 e. The van der Waals surface area contributed by atoms with Crippen LogP contribution in [0.15, 0.2) is 0 Å². The Balaban J connectivity index is -0.000000128. The van der Waals surface area contributed by atoms with Crippen molar-refractivity contribution in [3.63, 3.8) is 0 Å². The zero-order chi connectivity index (χ0) is 91.4. The molecule has 0 radical (unpaired) electrons. The zero-order valence-electron chi connectivity index (χ0n) is 79.2. The van der Waals surface area contributed by atoms with Crippen LogP contribution in [0, 0.1) is 107 Å². The Morgan fingerprint density at radius 3 is 0.658 bits per heavy atom. The lowest BCUT2D eigenvalue weighted by Gasteiger charge is -2.37. The molecule has 0 aliphatic rings. The summed E-state index contributed by atoms with van der Waals surface area (Å²) in [6.45, 7) is 78.0. The molecule has 10 N–H and O–H groups in total. The number of aliphatic carboxylic acids is 10. The fourth-order valence-corrected chi connectivity index (χ4v) is 12.6. The highest BCUT2D eigenvalue weighted by molar-refractivity contribution is 5.78. The molecular formula is C91H182O20. The first-order chi connectivity index (χ1) is 50.1. The third kappa shape index (κ3) is 42.2. The Labute approximate surface area is 680 Å². The Morgan fingerprint density at radius 1 is 0.261 bits per heavy atom. The zero-order valence-corrected chi connectivity index (χ0v) is 79.2. The molecule has 666 valence electrons. The van der Waals surface area contributed by atoms with Gasteiger partial charge in [0.25, 0.3) is 0 Å². The maximum atomic E-state index is 11.0. The van der Waals surface area contributed by atoms with Crippen LogP contribution in [0.2, 0.25) is 0 Å².